The van der Waals surface area contributed by atoms with E-state index in [2.05, 4.69) is 20.9 Å². The summed E-state index contributed by atoms with van der Waals surface area (Å²) in [5.41, 5.74) is 5.55. The highest BCUT2D eigenvalue weighted by atomic mass is 79.9. The first-order valence-electron chi connectivity index (χ1n) is 3.99. The van der Waals surface area contributed by atoms with Crippen LogP contribution in [0.2, 0.25) is 5.02 Å². The summed E-state index contributed by atoms with van der Waals surface area (Å²) in [6.07, 6.45) is 1.76. The van der Waals surface area contributed by atoms with Crippen LogP contribution in [0.1, 0.15) is 0 Å². The van der Waals surface area contributed by atoms with E-state index in [9.17, 15) is 0 Å². The quantitative estimate of drug-likeness (QED) is 0.896. The molecule has 6 heteroatoms. The predicted molar refractivity (Wildman–Crippen MR) is 69.8 cm³/mol. The van der Waals surface area contributed by atoms with Gasteiger partial charge < -0.3 is 5.73 Å². The second-order valence-corrected chi connectivity index (χ2v) is 6.39. The minimum atomic E-state index is 0.584. The van der Waals surface area contributed by atoms with Crippen LogP contribution in [0.3, 0.4) is 0 Å². The van der Waals surface area contributed by atoms with Gasteiger partial charge in [-0.3, -0.25) is 0 Å². The van der Waals surface area contributed by atoms with Crippen LogP contribution in [0.15, 0.2) is 38.0 Å². The zero-order valence-electron chi connectivity index (χ0n) is 7.41. The summed E-state index contributed by atoms with van der Waals surface area (Å²) in [6.45, 7) is 0. The average molecular weight is 322 g/mol. The fourth-order valence-electron chi connectivity index (χ4n) is 0.976. The Morgan fingerprint density at radius 1 is 1.47 bits per heavy atom. The number of thiazole rings is 1. The second kappa shape index (κ2) is 4.74. The number of aromatic nitrogens is 1. The first-order chi connectivity index (χ1) is 7.15. The molecule has 0 saturated heterocycles. The predicted octanol–water partition coefficient (Wildman–Crippen LogP) is 4.29. The zero-order chi connectivity index (χ0) is 10.8. The van der Waals surface area contributed by atoms with Crippen LogP contribution in [0.5, 0.6) is 0 Å². The Hall–Kier alpha value is -0.230. The van der Waals surface area contributed by atoms with Gasteiger partial charge in [-0.05, 0) is 34.1 Å². The van der Waals surface area contributed by atoms with Gasteiger partial charge in [-0.25, -0.2) is 4.98 Å². The summed E-state index contributed by atoms with van der Waals surface area (Å²) in [5.74, 6) is 0. The second-order valence-electron chi connectivity index (χ2n) is 2.70. The number of anilines is 1. The smallest absolute Gasteiger partial charge is 0.181 e. The Morgan fingerprint density at radius 3 is 2.87 bits per heavy atom. The van der Waals surface area contributed by atoms with E-state index in [1.165, 1.54) is 11.3 Å². The van der Waals surface area contributed by atoms with Gasteiger partial charge in [0.25, 0.3) is 0 Å². The van der Waals surface area contributed by atoms with Gasteiger partial charge in [0.1, 0.15) is 0 Å². The van der Waals surface area contributed by atoms with Crippen LogP contribution in [0.4, 0.5) is 5.13 Å². The Morgan fingerprint density at radius 2 is 2.27 bits per heavy atom. The molecule has 0 amide bonds. The molecule has 0 atom stereocenters. The summed E-state index contributed by atoms with van der Waals surface area (Å²) in [6, 6.07) is 5.83. The SMILES string of the molecule is Nc1ncc(Sc2ccc(Br)c(Cl)c2)s1. The summed E-state index contributed by atoms with van der Waals surface area (Å²) < 4.78 is 1.96. The summed E-state index contributed by atoms with van der Waals surface area (Å²) in [4.78, 5) is 5.06. The molecule has 15 heavy (non-hydrogen) atoms. The van der Waals surface area contributed by atoms with Gasteiger partial charge in [-0.1, -0.05) is 34.7 Å². The number of nitrogens with two attached hydrogens (primary N) is 1. The van der Waals surface area contributed by atoms with E-state index in [1.807, 2.05) is 18.2 Å². The summed E-state index contributed by atoms with van der Waals surface area (Å²) in [7, 11) is 0. The lowest BCUT2D eigenvalue weighted by atomic mass is 10.4. The van der Waals surface area contributed by atoms with E-state index >= 15 is 0 Å². The Labute approximate surface area is 109 Å². The van der Waals surface area contributed by atoms with Crippen molar-refractivity contribution in [3.05, 3.63) is 33.9 Å². The topological polar surface area (TPSA) is 38.9 Å². The van der Waals surface area contributed by atoms with Crippen LogP contribution in [-0.2, 0) is 0 Å². The molecule has 0 spiro atoms. The fourth-order valence-corrected chi connectivity index (χ4v) is 3.25. The van der Waals surface area contributed by atoms with Crippen molar-refractivity contribution < 1.29 is 0 Å². The molecule has 2 aromatic rings. The molecule has 78 valence electrons. The summed E-state index contributed by atoms with van der Waals surface area (Å²) >= 11 is 12.4. The van der Waals surface area contributed by atoms with Gasteiger partial charge in [0.2, 0.25) is 0 Å². The Bertz CT molecular complexity index is 487. The maximum atomic E-state index is 5.99. The van der Waals surface area contributed by atoms with Crippen molar-refractivity contribution in [3.63, 3.8) is 0 Å². The van der Waals surface area contributed by atoms with E-state index in [4.69, 9.17) is 17.3 Å². The molecule has 1 heterocycles. The molecule has 0 aliphatic rings. The monoisotopic (exact) mass is 320 g/mol. The van der Waals surface area contributed by atoms with Crippen LogP contribution < -0.4 is 5.73 Å². The molecule has 0 aliphatic carbocycles. The molecule has 0 aliphatic heterocycles. The first-order valence-corrected chi connectivity index (χ1v) is 6.80. The van der Waals surface area contributed by atoms with Gasteiger partial charge in [0, 0.05) is 9.37 Å². The standard InChI is InChI=1S/C9H6BrClN2S2/c10-6-2-1-5(3-7(6)11)14-8-4-13-9(12)15-8/h1-4H,(H2,12,13). The zero-order valence-corrected chi connectivity index (χ0v) is 11.4. The molecule has 2 nitrogen and oxygen atoms in total. The van der Waals surface area contributed by atoms with E-state index in [0.717, 1.165) is 13.6 Å². The number of nitrogen functional groups attached to an aromatic ring is 1. The fraction of sp³-hybridized carbons (Fsp3) is 0. The molecular weight excluding hydrogens is 316 g/mol. The molecule has 0 radical (unpaired) electrons. The number of halogens is 2. The van der Waals surface area contributed by atoms with Gasteiger partial charge in [-0.15, -0.1) is 0 Å². The normalized spacial score (nSPS) is 10.5. The maximum absolute atomic E-state index is 5.99. The number of nitrogens with zero attached hydrogens (tertiary/aromatic N) is 1. The highest BCUT2D eigenvalue weighted by Crippen LogP contribution is 2.35. The minimum absolute atomic E-state index is 0.584. The van der Waals surface area contributed by atoms with Gasteiger partial charge in [0.15, 0.2) is 5.13 Å². The van der Waals surface area contributed by atoms with Crippen molar-refractivity contribution in [2.24, 2.45) is 0 Å². The van der Waals surface area contributed by atoms with Gasteiger partial charge >= 0.3 is 0 Å². The van der Waals surface area contributed by atoms with Crippen molar-refractivity contribution in [1.29, 1.82) is 0 Å². The lowest BCUT2D eigenvalue weighted by molar-refractivity contribution is 1.37. The molecule has 0 bridgehead atoms. The van der Waals surface area contributed by atoms with Crippen LogP contribution in [0.25, 0.3) is 0 Å². The third-order valence-electron chi connectivity index (χ3n) is 1.61. The van der Waals surface area contributed by atoms with Crippen molar-refractivity contribution in [2.75, 3.05) is 5.73 Å². The number of rotatable bonds is 2. The first kappa shape index (κ1) is 11.3. The molecule has 1 aromatic carbocycles. The molecule has 1 aromatic heterocycles. The van der Waals surface area contributed by atoms with Crippen molar-refractivity contribution in [2.45, 2.75) is 9.10 Å². The molecule has 0 unspecified atom stereocenters. The van der Waals surface area contributed by atoms with Crippen LogP contribution in [-0.4, -0.2) is 4.98 Å². The van der Waals surface area contributed by atoms with Crippen LogP contribution >= 0.6 is 50.6 Å². The highest BCUT2D eigenvalue weighted by Gasteiger charge is 2.03. The van der Waals surface area contributed by atoms with Crippen molar-refractivity contribution in [3.8, 4) is 0 Å². The molecule has 2 N–H and O–H groups in total. The van der Waals surface area contributed by atoms with Gasteiger partial charge in [0.05, 0.1) is 15.4 Å². The number of benzene rings is 1. The molecule has 0 fully saturated rings. The molecule has 2 rings (SSSR count). The largest absolute Gasteiger partial charge is 0.375 e. The third kappa shape index (κ3) is 2.87. The maximum Gasteiger partial charge on any atom is 0.181 e. The Balaban J connectivity index is 2.21. The van der Waals surface area contributed by atoms with Crippen LogP contribution in [0, 0.1) is 0 Å². The highest BCUT2D eigenvalue weighted by molar-refractivity contribution is 9.10. The lowest BCUT2D eigenvalue weighted by Gasteiger charge is -2.00. The lowest BCUT2D eigenvalue weighted by Crippen LogP contribution is -1.77. The minimum Gasteiger partial charge on any atom is -0.375 e. The van der Waals surface area contributed by atoms with Gasteiger partial charge in [-0.2, -0.15) is 0 Å². The van der Waals surface area contributed by atoms with Crippen molar-refractivity contribution in [1.82, 2.24) is 4.98 Å². The van der Waals surface area contributed by atoms with E-state index in [0.29, 0.717) is 10.2 Å². The Kier molecular flexibility index (Phi) is 3.56. The molecule has 0 saturated carbocycles. The van der Waals surface area contributed by atoms with E-state index in [1.54, 1.807) is 18.0 Å². The molecular formula is C9H6BrClN2S2. The number of hydrogen-bond acceptors (Lipinski definition) is 4. The average Bonchev–Trinajstić information content (AvgIpc) is 2.58. The van der Waals surface area contributed by atoms with E-state index < -0.39 is 0 Å². The van der Waals surface area contributed by atoms with E-state index in [-0.39, 0.29) is 0 Å². The summed E-state index contributed by atoms with van der Waals surface area (Å²) in [5, 5.41) is 1.29. The number of hydrogen-bond donors (Lipinski definition) is 1. The van der Waals surface area contributed by atoms with Crippen molar-refractivity contribution >= 4 is 55.8 Å². The third-order valence-corrected chi connectivity index (χ3v) is 4.76.